The van der Waals surface area contributed by atoms with Crippen LogP contribution in [0.1, 0.15) is 33.1 Å². The van der Waals surface area contributed by atoms with Crippen LogP contribution in [0.5, 0.6) is 0 Å². The lowest BCUT2D eigenvalue weighted by atomic mass is 9.89. The van der Waals surface area contributed by atoms with Crippen LogP contribution in [-0.4, -0.2) is 31.1 Å². The van der Waals surface area contributed by atoms with Gasteiger partial charge in [-0.05, 0) is 24.7 Å². The molecule has 118 valence electrons. The van der Waals surface area contributed by atoms with E-state index in [0.717, 1.165) is 6.42 Å². The molecule has 2 rings (SSSR count). The summed E-state index contributed by atoms with van der Waals surface area (Å²) in [6, 6.07) is -0.166. The molecule has 0 aromatic heterocycles. The summed E-state index contributed by atoms with van der Waals surface area (Å²) < 4.78 is 23.1. The van der Waals surface area contributed by atoms with E-state index in [1.54, 1.807) is 0 Å². The van der Waals surface area contributed by atoms with Gasteiger partial charge in [0.1, 0.15) is 0 Å². The number of alkyl carbamates (subject to hydrolysis) is 1. The van der Waals surface area contributed by atoms with Crippen molar-refractivity contribution in [3.8, 4) is 0 Å². The van der Waals surface area contributed by atoms with Crippen molar-refractivity contribution in [3.63, 3.8) is 0 Å². The van der Waals surface area contributed by atoms with Crippen molar-refractivity contribution < 1.29 is 23.5 Å². The summed E-state index contributed by atoms with van der Waals surface area (Å²) in [6.45, 7) is 3.45. The molecule has 1 amide bonds. The SMILES string of the molecule is CCCC(F)OC(=O)N[C@@H]1C2C=CC(C2)[C@@H]1COC(C)=O. The van der Waals surface area contributed by atoms with Crippen LogP contribution >= 0.6 is 0 Å². The van der Waals surface area contributed by atoms with E-state index < -0.39 is 12.5 Å². The zero-order valence-corrected chi connectivity index (χ0v) is 12.4. The number of allylic oxidation sites excluding steroid dienone is 1. The lowest BCUT2D eigenvalue weighted by Crippen LogP contribution is -2.45. The van der Waals surface area contributed by atoms with Crippen molar-refractivity contribution in [2.24, 2.45) is 17.8 Å². The molecule has 3 unspecified atom stereocenters. The van der Waals surface area contributed by atoms with Crippen LogP contribution in [0.3, 0.4) is 0 Å². The lowest BCUT2D eigenvalue weighted by molar-refractivity contribution is -0.142. The van der Waals surface area contributed by atoms with Gasteiger partial charge in [0.25, 0.3) is 0 Å². The number of fused-ring (bicyclic) bond motifs is 2. The summed E-state index contributed by atoms with van der Waals surface area (Å²) in [5.41, 5.74) is 0. The monoisotopic (exact) mass is 299 g/mol. The third kappa shape index (κ3) is 3.95. The molecule has 5 nitrogen and oxygen atoms in total. The predicted octanol–water partition coefficient (Wildman–Crippen LogP) is 2.56. The number of alkyl halides is 1. The Kier molecular flexibility index (Phi) is 5.20. The Hall–Kier alpha value is -1.59. The Bertz CT molecular complexity index is 426. The van der Waals surface area contributed by atoms with Gasteiger partial charge in [-0.1, -0.05) is 19.1 Å². The van der Waals surface area contributed by atoms with E-state index in [1.807, 2.05) is 6.92 Å². The number of carbonyl (C=O) groups excluding carboxylic acids is 2. The fraction of sp³-hybridized carbons (Fsp3) is 0.733. The average molecular weight is 299 g/mol. The van der Waals surface area contributed by atoms with E-state index in [-0.39, 0.29) is 42.8 Å². The second kappa shape index (κ2) is 6.91. The highest BCUT2D eigenvalue weighted by Crippen LogP contribution is 2.43. The maximum atomic E-state index is 13.3. The first-order chi connectivity index (χ1) is 10.0. The second-order valence-electron chi connectivity index (χ2n) is 5.69. The van der Waals surface area contributed by atoms with Crippen molar-refractivity contribution in [1.29, 1.82) is 0 Å². The molecule has 0 aromatic carbocycles. The number of esters is 1. The van der Waals surface area contributed by atoms with Crippen LogP contribution in [0.2, 0.25) is 0 Å². The van der Waals surface area contributed by atoms with E-state index in [2.05, 4.69) is 22.2 Å². The van der Waals surface area contributed by atoms with Gasteiger partial charge in [-0.15, -0.1) is 0 Å². The number of rotatable bonds is 6. The van der Waals surface area contributed by atoms with Crippen LogP contribution in [0.25, 0.3) is 0 Å². The maximum absolute atomic E-state index is 13.3. The summed E-state index contributed by atoms with van der Waals surface area (Å²) in [7, 11) is 0. The van der Waals surface area contributed by atoms with Gasteiger partial charge in [0.2, 0.25) is 6.36 Å². The molecule has 0 aliphatic heterocycles. The van der Waals surface area contributed by atoms with Gasteiger partial charge in [-0.25, -0.2) is 9.18 Å². The predicted molar refractivity (Wildman–Crippen MR) is 74.1 cm³/mol. The number of ether oxygens (including phenoxy) is 2. The van der Waals surface area contributed by atoms with Gasteiger partial charge in [-0.2, -0.15) is 0 Å². The van der Waals surface area contributed by atoms with Crippen LogP contribution in [0.4, 0.5) is 9.18 Å². The normalized spacial score (nSPS) is 31.0. The average Bonchev–Trinajstić information content (AvgIpc) is 2.97. The highest BCUT2D eigenvalue weighted by atomic mass is 19.1. The largest absolute Gasteiger partial charge is 0.465 e. The Morgan fingerprint density at radius 3 is 2.76 bits per heavy atom. The standard InChI is InChI=1S/C15H22FNO4/c1-3-4-13(16)21-15(19)17-14-11-6-5-10(7-11)12(14)8-20-9(2)18/h5-6,10-14H,3-4,7-8H2,1-2H3,(H,17,19)/t10?,11?,12-,13?,14+/m0/s1. The highest BCUT2D eigenvalue weighted by Gasteiger charge is 2.46. The number of halogens is 1. The molecular weight excluding hydrogens is 277 g/mol. The summed E-state index contributed by atoms with van der Waals surface area (Å²) in [5, 5.41) is 2.73. The number of amides is 1. The van der Waals surface area contributed by atoms with Gasteiger partial charge in [0.05, 0.1) is 6.61 Å². The first kappa shape index (κ1) is 15.8. The second-order valence-corrected chi connectivity index (χ2v) is 5.69. The van der Waals surface area contributed by atoms with Crippen LogP contribution in [0, 0.1) is 17.8 Å². The van der Waals surface area contributed by atoms with E-state index in [1.165, 1.54) is 6.92 Å². The Morgan fingerprint density at radius 2 is 2.10 bits per heavy atom. The minimum Gasteiger partial charge on any atom is -0.465 e. The lowest BCUT2D eigenvalue weighted by Gasteiger charge is -2.28. The van der Waals surface area contributed by atoms with Gasteiger partial charge >= 0.3 is 12.1 Å². The third-order valence-corrected chi connectivity index (χ3v) is 4.14. The summed E-state index contributed by atoms with van der Waals surface area (Å²) in [4.78, 5) is 22.7. The molecule has 2 bridgehead atoms. The van der Waals surface area contributed by atoms with Crippen molar-refractivity contribution in [3.05, 3.63) is 12.2 Å². The molecule has 2 aliphatic carbocycles. The number of carbonyl (C=O) groups is 2. The summed E-state index contributed by atoms with van der Waals surface area (Å²) >= 11 is 0. The van der Waals surface area contributed by atoms with Crippen LogP contribution in [0.15, 0.2) is 12.2 Å². The van der Waals surface area contributed by atoms with Crippen LogP contribution < -0.4 is 5.32 Å². The molecule has 2 aliphatic rings. The zero-order valence-electron chi connectivity index (χ0n) is 12.4. The van der Waals surface area contributed by atoms with Gasteiger partial charge in [-0.3, -0.25) is 4.79 Å². The first-order valence-electron chi connectivity index (χ1n) is 7.44. The molecule has 1 saturated carbocycles. The van der Waals surface area contributed by atoms with Crippen molar-refractivity contribution in [1.82, 2.24) is 5.32 Å². The molecule has 0 radical (unpaired) electrons. The quantitative estimate of drug-likeness (QED) is 0.605. The Morgan fingerprint density at radius 1 is 1.38 bits per heavy atom. The molecule has 0 spiro atoms. The highest BCUT2D eigenvalue weighted by molar-refractivity contribution is 5.68. The van der Waals surface area contributed by atoms with Crippen LogP contribution in [-0.2, 0) is 14.3 Å². The Labute approximate surface area is 123 Å². The molecule has 6 heteroatoms. The minimum absolute atomic E-state index is 0.0284. The summed E-state index contributed by atoms with van der Waals surface area (Å²) in [6.07, 6.45) is 3.56. The van der Waals surface area contributed by atoms with Gasteiger partial charge in [0, 0.05) is 25.3 Å². The molecule has 0 aromatic rings. The molecule has 0 saturated heterocycles. The van der Waals surface area contributed by atoms with Crippen molar-refractivity contribution in [2.75, 3.05) is 6.61 Å². The van der Waals surface area contributed by atoms with E-state index in [0.29, 0.717) is 6.42 Å². The zero-order chi connectivity index (χ0) is 15.4. The topological polar surface area (TPSA) is 64.6 Å². The molecule has 0 heterocycles. The van der Waals surface area contributed by atoms with Crippen molar-refractivity contribution in [2.45, 2.75) is 45.5 Å². The molecule has 1 N–H and O–H groups in total. The van der Waals surface area contributed by atoms with E-state index in [4.69, 9.17) is 4.74 Å². The smallest absolute Gasteiger partial charge is 0.409 e. The number of nitrogens with one attached hydrogen (secondary N) is 1. The molecule has 5 atom stereocenters. The van der Waals surface area contributed by atoms with Crippen molar-refractivity contribution >= 4 is 12.1 Å². The Balaban J connectivity index is 1.89. The summed E-state index contributed by atoms with van der Waals surface area (Å²) in [5.74, 6) is 0.180. The molecule has 1 fully saturated rings. The fourth-order valence-electron chi connectivity index (χ4n) is 3.15. The number of hydrogen-bond donors (Lipinski definition) is 1. The van der Waals surface area contributed by atoms with Gasteiger partial charge < -0.3 is 14.8 Å². The molecular formula is C15H22FNO4. The third-order valence-electron chi connectivity index (χ3n) is 4.14. The number of hydrogen-bond acceptors (Lipinski definition) is 4. The molecule has 21 heavy (non-hydrogen) atoms. The maximum Gasteiger partial charge on any atom is 0.409 e. The van der Waals surface area contributed by atoms with E-state index in [9.17, 15) is 14.0 Å². The van der Waals surface area contributed by atoms with E-state index >= 15 is 0 Å². The fourth-order valence-corrected chi connectivity index (χ4v) is 3.15. The minimum atomic E-state index is -1.57. The first-order valence-corrected chi connectivity index (χ1v) is 7.44. The van der Waals surface area contributed by atoms with Gasteiger partial charge in [0.15, 0.2) is 0 Å².